The number of rotatable bonds is 4. The molecule has 3 atom stereocenters. The SMILES string of the molecule is C[C@@H](O)c1ccc(NC(=O)c2nn3c(c2Br)N[C@@H](c2cccs2)C[C@@H]3C(F)(F)F)cc1. The summed E-state index contributed by atoms with van der Waals surface area (Å²) in [6, 6.07) is 7.67. The molecule has 1 aliphatic heterocycles. The van der Waals surface area contributed by atoms with Crippen LogP contribution in [0.25, 0.3) is 0 Å². The van der Waals surface area contributed by atoms with Gasteiger partial charge in [0.15, 0.2) is 11.7 Å². The van der Waals surface area contributed by atoms with E-state index in [0.29, 0.717) is 11.3 Å². The Hall–Kier alpha value is -2.37. The molecule has 3 aromatic rings. The standard InChI is InChI=1S/C20H18BrF3N4O2S/c1-10(29)11-4-6-12(7-5-11)25-19(30)17-16(21)18-26-13(14-3-2-8-31-14)9-15(20(22,23)24)28(18)27-17/h2-8,10,13,15,26,29H,9H2,1H3,(H,25,30)/t10-,13-,15-/m1/s1. The van der Waals surface area contributed by atoms with Gasteiger partial charge in [-0.05, 0) is 52.0 Å². The van der Waals surface area contributed by atoms with Gasteiger partial charge in [0.1, 0.15) is 5.82 Å². The summed E-state index contributed by atoms with van der Waals surface area (Å²) in [7, 11) is 0. The molecule has 0 saturated heterocycles. The summed E-state index contributed by atoms with van der Waals surface area (Å²) in [5.74, 6) is -0.532. The Labute approximate surface area is 188 Å². The zero-order chi connectivity index (χ0) is 22.3. The van der Waals surface area contributed by atoms with Gasteiger partial charge in [-0.25, -0.2) is 4.68 Å². The second-order valence-electron chi connectivity index (χ2n) is 7.21. The van der Waals surface area contributed by atoms with Gasteiger partial charge < -0.3 is 15.7 Å². The number of nitrogens with one attached hydrogen (secondary N) is 2. The molecule has 0 fully saturated rings. The number of fused-ring (bicyclic) bond motifs is 1. The Morgan fingerprint density at radius 3 is 2.65 bits per heavy atom. The Kier molecular flexibility index (Phi) is 5.84. The molecule has 3 heterocycles. The Morgan fingerprint density at radius 1 is 1.35 bits per heavy atom. The van der Waals surface area contributed by atoms with Crippen molar-refractivity contribution in [1.82, 2.24) is 9.78 Å². The Morgan fingerprint density at radius 2 is 2.06 bits per heavy atom. The molecule has 6 nitrogen and oxygen atoms in total. The van der Waals surface area contributed by atoms with Crippen LogP contribution in [0.15, 0.2) is 46.3 Å². The number of benzene rings is 1. The number of hydrogen-bond donors (Lipinski definition) is 3. The molecule has 0 spiro atoms. The van der Waals surface area contributed by atoms with Crippen molar-refractivity contribution in [2.75, 3.05) is 10.6 Å². The van der Waals surface area contributed by atoms with Crippen LogP contribution in [0.5, 0.6) is 0 Å². The van der Waals surface area contributed by atoms with Crippen LogP contribution < -0.4 is 10.6 Å². The number of anilines is 2. The molecule has 2 aromatic heterocycles. The van der Waals surface area contributed by atoms with Crippen molar-refractivity contribution in [3.8, 4) is 0 Å². The smallest absolute Gasteiger partial charge is 0.389 e. The normalized spacial score (nSPS) is 19.4. The van der Waals surface area contributed by atoms with Gasteiger partial charge in [0.2, 0.25) is 0 Å². The first-order valence-electron chi connectivity index (χ1n) is 9.39. The molecule has 1 aliphatic rings. The van der Waals surface area contributed by atoms with E-state index in [1.54, 1.807) is 43.3 Å². The number of carbonyl (C=O) groups is 1. The molecule has 0 bridgehead atoms. The van der Waals surface area contributed by atoms with E-state index in [1.165, 1.54) is 11.3 Å². The number of carbonyl (C=O) groups excluding carboxylic acids is 1. The van der Waals surface area contributed by atoms with Crippen molar-refractivity contribution in [2.24, 2.45) is 0 Å². The maximum Gasteiger partial charge on any atom is 0.410 e. The number of alkyl halides is 3. The third-order valence-electron chi connectivity index (χ3n) is 5.05. The molecule has 31 heavy (non-hydrogen) atoms. The predicted octanol–water partition coefficient (Wildman–Crippen LogP) is 5.67. The van der Waals surface area contributed by atoms with Crippen LogP contribution in [0.1, 0.15) is 52.5 Å². The highest BCUT2D eigenvalue weighted by Gasteiger charge is 2.48. The number of nitrogens with zero attached hydrogens (tertiary/aromatic N) is 2. The zero-order valence-electron chi connectivity index (χ0n) is 16.2. The number of amides is 1. The first-order valence-corrected chi connectivity index (χ1v) is 11.1. The minimum Gasteiger partial charge on any atom is -0.389 e. The molecular formula is C20H18BrF3N4O2S. The summed E-state index contributed by atoms with van der Waals surface area (Å²) in [4.78, 5) is 13.5. The lowest BCUT2D eigenvalue weighted by Gasteiger charge is -2.33. The van der Waals surface area contributed by atoms with Gasteiger partial charge in [-0.3, -0.25) is 4.79 Å². The van der Waals surface area contributed by atoms with Crippen LogP contribution in [0.4, 0.5) is 24.7 Å². The fourth-order valence-corrected chi connectivity index (χ4v) is 4.79. The Balaban J connectivity index is 1.64. The summed E-state index contributed by atoms with van der Waals surface area (Å²) in [6.45, 7) is 1.62. The maximum atomic E-state index is 13.8. The summed E-state index contributed by atoms with van der Waals surface area (Å²) >= 11 is 4.63. The largest absolute Gasteiger partial charge is 0.410 e. The first kappa shape index (κ1) is 21.8. The Bertz CT molecular complexity index is 1080. The van der Waals surface area contributed by atoms with Gasteiger partial charge in [0.05, 0.1) is 16.6 Å². The number of aliphatic hydroxyl groups excluding tert-OH is 1. The average molecular weight is 515 g/mol. The van der Waals surface area contributed by atoms with Crippen molar-refractivity contribution in [3.05, 3.63) is 62.4 Å². The van der Waals surface area contributed by atoms with E-state index >= 15 is 0 Å². The van der Waals surface area contributed by atoms with E-state index in [-0.39, 0.29) is 22.4 Å². The van der Waals surface area contributed by atoms with Crippen molar-refractivity contribution in [3.63, 3.8) is 0 Å². The molecule has 0 radical (unpaired) electrons. The van der Waals surface area contributed by atoms with Crippen LogP contribution in [0.3, 0.4) is 0 Å². The molecule has 0 unspecified atom stereocenters. The molecule has 4 rings (SSSR count). The van der Waals surface area contributed by atoms with Crippen molar-refractivity contribution >= 4 is 44.7 Å². The maximum absolute atomic E-state index is 13.8. The zero-order valence-corrected chi connectivity index (χ0v) is 18.6. The average Bonchev–Trinajstić information content (AvgIpc) is 3.35. The van der Waals surface area contributed by atoms with Crippen LogP contribution in [0, 0.1) is 0 Å². The van der Waals surface area contributed by atoms with Gasteiger partial charge in [-0.2, -0.15) is 18.3 Å². The highest BCUT2D eigenvalue weighted by Crippen LogP contribution is 2.46. The number of aromatic nitrogens is 2. The van der Waals surface area contributed by atoms with E-state index in [4.69, 9.17) is 0 Å². The highest BCUT2D eigenvalue weighted by atomic mass is 79.9. The number of thiophene rings is 1. The van der Waals surface area contributed by atoms with Crippen molar-refractivity contribution in [1.29, 1.82) is 0 Å². The minimum absolute atomic E-state index is 0.113. The van der Waals surface area contributed by atoms with Gasteiger partial charge in [0.25, 0.3) is 5.91 Å². The summed E-state index contributed by atoms with van der Waals surface area (Å²) in [6.07, 6.45) is -5.41. The molecule has 11 heteroatoms. The summed E-state index contributed by atoms with van der Waals surface area (Å²) in [5.41, 5.74) is 0.959. The quantitative estimate of drug-likeness (QED) is 0.418. The van der Waals surface area contributed by atoms with Gasteiger partial charge in [-0.1, -0.05) is 18.2 Å². The van der Waals surface area contributed by atoms with Crippen LogP contribution >= 0.6 is 27.3 Å². The van der Waals surface area contributed by atoms with Crippen molar-refractivity contribution < 1.29 is 23.1 Å². The van der Waals surface area contributed by atoms with Gasteiger partial charge in [0, 0.05) is 17.0 Å². The molecule has 3 N–H and O–H groups in total. The lowest BCUT2D eigenvalue weighted by molar-refractivity contribution is -0.173. The number of halogens is 4. The van der Waals surface area contributed by atoms with Gasteiger partial charge in [-0.15, -0.1) is 11.3 Å². The fraction of sp³-hybridized carbons (Fsp3) is 0.300. The topological polar surface area (TPSA) is 79.2 Å². The van der Waals surface area contributed by atoms with Gasteiger partial charge >= 0.3 is 6.18 Å². The van der Waals surface area contributed by atoms with E-state index in [0.717, 1.165) is 9.56 Å². The van der Waals surface area contributed by atoms with E-state index in [1.807, 2.05) is 5.38 Å². The fourth-order valence-electron chi connectivity index (χ4n) is 3.45. The minimum atomic E-state index is -4.53. The van der Waals surface area contributed by atoms with Crippen molar-refractivity contribution in [2.45, 2.75) is 37.7 Å². The van der Waals surface area contributed by atoms with Crippen LogP contribution in [-0.2, 0) is 0 Å². The lowest BCUT2D eigenvalue weighted by atomic mass is 10.0. The summed E-state index contributed by atoms with van der Waals surface area (Å²) in [5, 5.41) is 21.1. The third-order valence-corrected chi connectivity index (χ3v) is 6.79. The lowest BCUT2D eigenvalue weighted by Crippen LogP contribution is -2.35. The molecule has 1 amide bonds. The highest BCUT2D eigenvalue weighted by molar-refractivity contribution is 9.10. The molecular weight excluding hydrogens is 497 g/mol. The summed E-state index contributed by atoms with van der Waals surface area (Å²) < 4.78 is 42.4. The number of aliphatic hydroxyl groups is 1. The van der Waals surface area contributed by atoms with Crippen LogP contribution in [0.2, 0.25) is 0 Å². The second kappa shape index (κ2) is 8.29. The molecule has 164 valence electrons. The van der Waals surface area contributed by atoms with E-state index < -0.39 is 30.3 Å². The molecule has 0 saturated carbocycles. The second-order valence-corrected chi connectivity index (χ2v) is 8.99. The van der Waals surface area contributed by atoms with E-state index in [9.17, 15) is 23.1 Å². The first-order chi connectivity index (χ1) is 14.6. The van der Waals surface area contributed by atoms with Crippen LogP contribution in [-0.4, -0.2) is 27.0 Å². The third kappa shape index (κ3) is 4.35. The van der Waals surface area contributed by atoms with E-state index in [2.05, 4.69) is 31.7 Å². The monoisotopic (exact) mass is 514 g/mol. The molecule has 0 aliphatic carbocycles. The number of hydrogen-bond acceptors (Lipinski definition) is 5. The molecule has 1 aromatic carbocycles. The predicted molar refractivity (Wildman–Crippen MR) is 115 cm³/mol.